The first kappa shape index (κ1) is 13.5. The Kier molecular flexibility index (Phi) is 3.29. The van der Waals surface area contributed by atoms with Crippen molar-refractivity contribution >= 4 is 17.1 Å². The van der Waals surface area contributed by atoms with Gasteiger partial charge in [0, 0.05) is 5.57 Å². The highest BCUT2D eigenvalue weighted by Crippen LogP contribution is 2.38. The second-order valence-electron chi connectivity index (χ2n) is 4.80. The van der Waals surface area contributed by atoms with Gasteiger partial charge >= 0.3 is 5.97 Å². The molecule has 0 saturated carbocycles. The third-order valence-corrected chi connectivity index (χ3v) is 3.46. The Morgan fingerprint density at radius 3 is 2.19 bits per heavy atom. The number of benzene rings is 2. The van der Waals surface area contributed by atoms with Gasteiger partial charge in [0.1, 0.15) is 17.7 Å². The van der Waals surface area contributed by atoms with Crippen LogP contribution in [-0.4, -0.2) is 12.1 Å². The molecule has 0 spiro atoms. The van der Waals surface area contributed by atoms with E-state index < -0.39 is 23.7 Å². The Balaban J connectivity index is 2.30. The van der Waals surface area contributed by atoms with Crippen LogP contribution in [0.3, 0.4) is 0 Å². The summed E-state index contributed by atoms with van der Waals surface area (Å²) in [6.45, 7) is 1.69. The number of hydrogen-bond acceptors (Lipinski definition) is 2. The van der Waals surface area contributed by atoms with Crippen LogP contribution in [-0.2, 0) is 9.53 Å². The number of rotatable bonds is 2. The van der Waals surface area contributed by atoms with E-state index in [0.717, 1.165) is 12.1 Å². The highest BCUT2D eigenvalue weighted by Gasteiger charge is 2.35. The molecule has 0 aliphatic carbocycles. The van der Waals surface area contributed by atoms with E-state index in [-0.39, 0.29) is 11.1 Å². The molecule has 0 fully saturated rings. The van der Waals surface area contributed by atoms with Crippen LogP contribution < -0.4 is 0 Å². The van der Waals surface area contributed by atoms with Gasteiger partial charge in [-0.05, 0) is 24.6 Å². The van der Waals surface area contributed by atoms with Gasteiger partial charge in [-0.3, -0.25) is 0 Å². The van der Waals surface area contributed by atoms with Crippen LogP contribution in [0.5, 0.6) is 0 Å². The van der Waals surface area contributed by atoms with Gasteiger partial charge in [-0.1, -0.05) is 36.4 Å². The fourth-order valence-electron chi connectivity index (χ4n) is 2.56. The van der Waals surface area contributed by atoms with Gasteiger partial charge in [0.15, 0.2) is 0 Å². The Morgan fingerprint density at radius 2 is 1.57 bits per heavy atom. The van der Waals surface area contributed by atoms with Crippen LogP contribution in [0.15, 0.2) is 48.5 Å². The van der Waals surface area contributed by atoms with Crippen molar-refractivity contribution in [2.45, 2.75) is 13.0 Å². The lowest BCUT2D eigenvalue weighted by Gasteiger charge is -2.09. The van der Waals surface area contributed by atoms with Gasteiger partial charge in [0.2, 0.25) is 0 Å². The zero-order chi connectivity index (χ0) is 15.0. The number of ether oxygens (including phenoxy) is 1. The van der Waals surface area contributed by atoms with Gasteiger partial charge in [0.05, 0.1) is 11.1 Å². The lowest BCUT2D eigenvalue weighted by molar-refractivity contribution is -0.136. The molecule has 0 saturated heterocycles. The summed E-state index contributed by atoms with van der Waals surface area (Å²) in [4.78, 5) is 12.1. The molecule has 2 aromatic rings. The topological polar surface area (TPSA) is 26.3 Å². The van der Waals surface area contributed by atoms with Crippen molar-refractivity contribution in [2.24, 2.45) is 0 Å². The summed E-state index contributed by atoms with van der Waals surface area (Å²) in [5.74, 6) is -2.25. The Hall–Kier alpha value is -2.49. The van der Waals surface area contributed by atoms with Crippen LogP contribution in [0.2, 0.25) is 0 Å². The molecule has 1 unspecified atom stereocenters. The van der Waals surface area contributed by atoms with Crippen LogP contribution in [0.1, 0.15) is 18.1 Å². The van der Waals surface area contributed by atoms with Gasteiger partial charge in [0.25, 0.3) is 0 Å². The quantitative estimate of drug-likeness (QED) is 0.784. The van der Waals surface area contributed by atoms with E-state index in [2.05, 4.69) is 0 Å². The molecule has 3 rings (SSSR count). The first-order chi connectivity index (χ1) is 10.1. The molecule has 106 valence electrons. The predicted molar refractivity (Wildman–Crippen MR) is 75.2 cm³/mol. The van der Waals surface area contributed by atoms with E-state index in [1.54, 1.807) is 31.2 Å². The number of carbonyl (C=O) groups is 1. The molecule has 0 aromatic heterocycles. The summed E-state index contributed by atoms with van der Waals surface area (Å²) in [5.41, 5.74) is 0.855. The van der Waals surface area contributed by atoms with E-state index in [4.69, 9.17) is 4.74 Å². The highest BCUT2D eigenvalue weighted by molar-refractivity contribution is 6.28. The van der Waals surface area contributed by atoms with Crippen molar-refractivity contribution in [3.8, 4) is 0 Å². The maximum Gasteiger partial charge on any atom is 0.340 e. The van der Waals surface area contributed by atoms with E-state index in [1.807, 2.05) is 6.07 Å². The SMILES string of the molecule is CC1OC(=O)C(c2c(F)cccc2F)=C1c1ccccc1. The molecule has 0 N–H and O–H groups in total. The Morgan fingerprint density at radius 1 is 0.952 bits per heavy atom. The second kappa shape index (κ2) is 5.13. The van der Waals surface area contributed by atoms with E-state index in [9.17, 15) is 13.6 Å². The molecule has 0 radical (unpaired) electrons. The standard InChI is InChI=1S/C17H12F2O2/c1-10-14(11-6-3-2-4-7-11)16(17(20)21-10)15-12(18)8-5-9-13(15)19/h2-10H,1H3. The molecule has 21 heavy (non-hydrogen) atoms. The monoisotopic (exact) mass is 286 g/mol. The zero-order valence-electron chi connectivity index (χ0n) is 11.3. The third-order valence-electron chi connectivity index (χ3n) is 3.46. The van der Waals surface area contributed by atoms with E-state index >= 15 is 0 Å². The zero-order valence-corrected chi connectivity index (χ0v) is 11.3. The largest absolute Gasteiger partial charge is 0.454 e. The maximum absolute atomic E-state index is 14.0. The predicted octanol–water partition coefficient (Wildman–Crippen LogP) is 3.82. The van der Waals surface area contributed by atoms with Crippen LogP contribution in [0.25, 0.3) is 11.1 Å². The molecule has 1 atom stereocenters. The van der Waals surface area contributed by atoms with Crippen LogP contribution in [0.4, 0.5) is 8.78 Å². The minimum absolute atomic E-state index is 0.0377. The first-order valence-corrected chi connectivity index (χ1v) is 6.54. The summed E-state index contributed by atoms with van der Waals surface area (Å²) in [6.07, 6.45) is -0.547. The molecular formula is C17H12F2O2. The Bertz CT molecular complexity index is 715. The van der Waals surface area contributed by atoms with Crippen molar-refractivity contribution in [3.63, 3.8) is 0 Å². The highest BCUT2D eigenvalue weighted by atomic mass is 19.1. The normalized spacial score (nSPS) is 18.0. The molecule has 4 heteroatoms. The van der Waals surface area contributed by atoms with Crippen LogP contribution in [0, 0.1) is 11.6 Å². The van der Waals surface area contributed by atoms with Crippen molar-refractivity contribution in [3.05, 3.63) is 71.3 Å². The number of carbonyl (C=O) groups excluding carboxylic acids is 1. The fraction of sp³-hybridized carbons (Fsp3) is 0.118. The number of halogens is 2. The van der Waals surface area contributed by atoms with Crippen molar-refractivity contribution in [2.75, 3.05) is 0 Å². The minimum Gasteiger partial charge on any atom is -0.454 e. The third kappa shape index (κ3) is 2.23. The average Bonchev–Trinajstić information content (AvgIpc) is 2.75. The van der Waals surface area contributed by atoms with Gasteiger partial charge in [-0.25, -0.2) is 13.6 Å². The summed E-state index contributed by atoms with van der Waals surface area (Å²) in [6, 6.07) is 12.5. The molecular weight excluding hydrogens is 274 g/mol. The van der Waals surface area contributed by atoms with Gasteiger partial charge in [-0.2, -0.15) is 0 Å². The van der Waals surface area contributed by atoms with Gasteiger partial charge in [-0.15, -0.1) is 0 Å². The summed E-state index contributed by atoms with van der Waals surface area (Å²) < 4.78 is 33.2. The smallest absolute Gasteiger partial charge is 0.340 e. The fourth-order valence-corrected chi connectivity index (χ4v) is 2.56. The molecule has 0 bridgehead atoms. The Labute approximate surface area is 120 Å². The summed E-state index contributed by atoms with van der Waals surface area (Å²) in [5, 5.41) is 0. The molecule has 0 amide bonds. The maximum atomic E-state index is 14.0. The molecule has 2 aromatic carbocycles. The lowest BCUT2D eigenvalue weighted by Crippen LogP contribution is -2.06. The van der Waals surface area contributed by atoms with E-state index in [1.165, 1.54) is 6.07 Å². The number of esters is 1. The summed E-state index contributed by atoms with van der Waals surface area (Å²) >= 11 is 0. The molecule has 1 aliphatic heterocycles. The summed E-state index contributed by atoms with van der Waals surface area (Å²) in [7, 11) is 0. The second-order valence-corrected chi connectivity index (χ2v) is 4.80. The lowest BCUT2D eigenvalue weighted by atomic mass is 9.93. The van der Waals surface area contributed by atoms with Crippen molar-refractivity contribution in [1.29, 1.82) is 0 Å². The number of cyclic esters (lactones) is 1. The molecule has 2 nitrogen and oxygen atoms in total. The van der Waals surface area contributed by atoms with Crippen molar-refractivity contribution < 1.29 is 18.3 Å². The first-order valence-electron chi connectivity index (χ1n) is 6.54. The van der Waals surface area contributed by atoms with Crippen molar-refractivity contribution in [1.82, 2.24) is 0 Å². The average molecular weight is 286 g/mol. The van der Waals surface area contributed by atoms with E-state index in [0.29, 0.717) is 11.1 Å². The molecule has 1 aliphatic rings. The van der Waals surface area contributed by atoms with Crippen LogP contribution >= 0.6 is 0 Å². The molecule has 1 heterocycles. The number of hydrogen-bond donors (Lipinski definition) is 0. The minimum atomic E-state index is -0.774. The van der Waals surface area contributed by atoms with Gasteiger partial charge < -0.3 is 4.74 Å².